The normalized spacial score (nSPS) is 48.0. The van der Waals surface area contributed by atoms with Crippen LogP contribution in [0, 0.1) is 5.92 Å². The summed E-state index contributed by atoms with van der Waals surface area (Å²) in [5.74, 6) is 1.08. The quantitative estimate of drug-likeness (QED) is 0.470. The van der Waals surface area contributed by atoms with Gasteiger partial charge in [-0.15, -0.1) is 0 Å². The summed E-state index contributed by atoms with van der Waals surface area (Å²) >= 11 is 0. The van der Waals surface area contributed by atoms with Gasteiger partial charge in [0.1, 0.15) is 0 Å². The van der Waals surface area contributed by atoms with Crippen LogP contribution >= 0.6 is 0 Å². The minimum atomic E-state index is 0.944. The van der Waals surface area contributed by atoms with Gasteiger partial charge in [0.05, 0.1) is 0 Å². The number of nitrogens with one attached hydrogen (secondary N) is 1. The molecular formula is C6H11N. The molecule has 2 aliphatic rings. The van der Waals surface area contributed by atoms with Crippen molar-refractivity contribution in [2.45, 2.75) is 25.3 Å². The van der Waals surface area contributed by atoms with Crippen LogP contribution in [-0.2, 0) is 0 Å². The van der Waals surface area contributed by atoms with E-state index in [-0.39, 0.29) is 0 Å². The average Bonchev–Trinajstić information content (AvgIpc) is 1.85. The van der Waals surface area contributed by atoms with E-state index in [1.54, 1.807) is 0 Å². The Hall–Kier alpha value is -0.0400. The van der Waals surface area contributed by atoms with Gasteiger partial charge in [-0.1, -0.05) is 6.42 Å². The summed E-state index contributed by atoms with van der Waals surface area (Å²) in [6, 6.07) is 0.944. The van der Waals surface area contributed by atoms with Crippen LogP contribution in [0.5, 0.6) is 0 Å². The third kappa shape index (κ3) is 0.418. The van der Waals surface area contributed by atoms with Gasteiger partial charge in [0.25, 0.3) is 0 Å². The van der Waals surface area contributed by atoms with Crippen LogP contribution in [0.4, 0.5) is 0 Å². The second-order valence-electron chi connectivity index (χ2n) is 2.71. The summed E-state index contributed by atoms with van der Waals surface area (Å²) in [4.78, 5) is 0. The van der Waals surface area contributed by atoms with Crippen LogP contribution in [0.25, 0.3) is 0 Å². The predicted molar refractivity (Wildman–Crippen MR) is 29.1 cm³/mol. The molecule has 0 bridgehead atoms. The van der Waals surface area contributed by atoms with E-state index in [1.165, 1.54) is 25.8 Å². The topological polar surface area (TPSA) is 12.0 Å². The van der Waals surface area contributed by atoms with E-state index in [0.29, 0.717) is 0 Å². The minimum Gasteiger partial charge on any atom is -0.313 e. The molecule has 1 saturated carbocycles. The molecule has 1 saturated heterocycles. The predicted octanol–water partition coefficient (Wildman–Crippen LogP) is 0.758. The first kappa shape index (κ1) is 3.90. The summed E-state index contributed by atoms with van der Waals surface area (Å²) in [5, 5.41) is 3.41. The molecule has 2 unspecified atom stereocenters. The second-order valence-corrected chi connectivity index (χ2v) is 2.71. The van der Waals surface area contributed by atoms with Gasteiger partial charge in [-0.05, 0) is 25.3 Å². The van der Waals surface area contributed by atoms with Crippen molar-refractivity contribution in [3.05, 3.63) is 0 Å². The fourth-order valence-electron chi connectivity index (χ4n) is 1.69. The molecule has 1 heteroatoms. The smallest absolute Gasteiger partial charge is 0.0108 e. The van der Waals surface area contributed by atoms with Gasteiger partial charge in [0.2, 0.25) is 0 Å². The second kappa shape index (κ2) is 1.22. The zero-order valence-electron chi connectivity index (χ0n) is 4.48. The van der Waals surface area contributed by atoms with E-state index in [0.717, 1.165) is 12.0 Å². The van der Waals surface area contributed by atoms with E-state index >= 15 is 0 Å². The molecule has 2 atom stereocenters. The summed E-state index contributed by atoms with van der Waals surface area (Å²) in [7, 11) is 0. The maximum Gasteiger partial charge on any atom is 0.0108 e. The Labute approximate surface area is 44.1 Å². The van der Waals surface area contributed by atoms with Crippen LogP contribution in [0.3, 0.4) is 0 Å². The van der Waals surface area contributed by atoms with Crippen LogP contribution in [0.2, 0.25) is 0 Å². The number of hydrogen-bond donors (Lipinski definition) is 1. The lowest BCUT2D eigenvalue weighted by Crippen LogP contribution is -2.49. The van der Waals surface area contributed by atoms with Gasteiger partial charge in [0.15, 0.2) is 0 Å². The van der Waals surface area contributed by atoms with Gasteiger partial charge in [-0.25, -0.2) is 0 Å². The number of rotatable bonds is 0. The molecule has 2 fully saturated rings. The summed E-state index contributed by atoms with van der Waals surface area (Å²) in [6.07, 6.45) is 4.42. The Balaban J connectivity index is 2.03. The van der Waals surface area contributed by atoms with Crippen LogP contribution in [-0.4, -0.2) is 12.6 Å². The molecule has 0 aromatic carbocycles. The summed E-state index contributed by atoms with van der Waals surface area (Å²) in [5.41, 5.74) is 0. The average molecular weight is 97.2 g/mol. The first-order chi connectivity index (χ1) is 3.47. The third-order valence-electron chi connectivity index (χ3n) is 2.30. The van der Waals surface area contributed by atoms with Gasteiger partial charge < -0.3 is 5.32 Å². The lowest BCUT2D eigenvalue weighted by Gasteiger charge is -2.31. The first-order valence-corrected chi connectivity index (χ1v) is 3.20. The van der Waals surface area contributed by atoms with Gasteiger partial charge in [-0.2, -0.15) is 0 Å². The van der Waals surface area contributed by atoms with E-state index < -0.39 is 0 Å². The largest absolute Gasteiger partial charge is 0.313 e. The molecule has 0 aromatic rings. The Bertz CT molecular complexity index is 70.2. The summed E-state index contributed by atoms with van der Waals surface area (Å²) < 4.78 is 0. The molecule has 1 heterocycles. The van der Waals surface area contributed by atoms with Gasteiger partial charge in [-0.3, -0.25) is 0 Å². The maximum atomic E-state index is 3.41. The Morgan fingerprint density at radius 3 is 2.57 bits per heavy atom. The van der Waals surface area contributed by atoms with Crippen LogP contribution in [0.1, 0.15) is 19.3 Å². The maximum absolute atomic E-state index is 3.41. The van der Waals surface area contributed by atoms with E-state index in [4.69, 9.17) is 0 Å². The highest BCUT2D eigenvalue weighted by Crippen LogP contribution is 2.30. The third-order valence-corrected chi connectivity index (χ3v) is 2.30. The molecule has 0 spiro atoms. The highest BCUT2D eigenvalue weighted by Gasteiger charge is 2.33. The van der Waals surface area contributed by atoms with E-state index in [9.17, 15) is 0 Å². The number of fused-ring (bicyclic) bond motifs is 1. The van der Waals surface area contributed by atoms with Crippen molar-refractivity contribution in [3.63, 3.8) is 0 Å². The lowest BCUT2D eigenvalue weighted by atomic mass is 9.96. The van der Waals surface area contributed by atoms with Crippen molar-refractivity contribution in [2.75, 3.05) is 6.54 Å². The number of hydrogen-bond acceptors (Lipinski definition) is 1. The lowest BCUT2D eigenvalue weighted by molar-refractivity contribution is 0.274. The Morgan fingerprint density at radius 1 is 1.29 bits per heavy atom. The van der Waals surface area contributed by atoms with Gasteiger partial charge in [0, 0.05) is 6.04 Å². The highest BCUT2D eigenvalue weighted by molar-refractivity contribution is 4.92. The van der Waals surface area contributed by atoms with Gasteiger partial charge >= 0.3 is 0 Å². The van der Waals surface area contributed by atoms with E-state index in [2.05, 4.69) is 5.32 Å². The zero-order chi connectivity index (χ0) is 4.69. The molecule has 1 N–H and O–H groups in total. The van der Waals surface area contributed by atoms with Crippen molar-refractivity contribution in [1.29, 1.82) is 0 Å². The zero-order valence-corrected chi connectivity index (χ0v) is 4.48. The van der Waals surface area contributed by atoms with Crippen molar-refractivity contribution >= 4 is 0 Å². The molecule has 1 aliphatic heterocycles. The van der Waals surface area contributed by atoms with Crippen LogP contribution in [0.15, 0.2) is 0 Å². The van der Waals surface area contributed by atoms with E-state index in [1.807, 2.05) is 0 Å². The Kier molecular flexibility index (Phi) is 0.680. The Morgan fingerprint density at radius 2 is 2.29 bits per heavy atom. The van der Waals surface area contributed by atoms with Crippen molar-refractivity contribution in [2.24, 2.45) is 5.92 Å². The molecule has 2 rings (SSSR count). The monoisotopic (exact) mass is 97.1 g/mol. The fourth-order valence-corrected chi connectivity index (χ4v) is 1.69. The van der Waals surface area contributed by atoms with Crippen LogP contribution < -0.4 is 5.32 Å². The molecular weight excluding hydrogens is 86.1 g/mol. The molecule has 1 nitrogen and oxygen atoms in total. The molecule has 40 valence electrons. The van der Waals surface area contributed by atoms with Crippen molar-refractivity contribution in [1.82, 2.24) is 5.32 Å². The fraction of sp³-hybridized carbons (Fsp3) is 1.00. The minimum absolute atomic E-state index is 0.944. The standard InChI is InChI=1S/C6H11N/c1-2-5-4-7-6(5)3-1/h5-7H,1-4H2. The molecule has 7 heavy (non-hydrogen) atoms. The summed E-state index contributed by atoms with van der Waals surface area (Å²) in [6.45, 7) is 1.31. The highest BCUT2D eigenvalue weighted by atomic mass is 15.0. The molecule has 0 amide bonds. The first-order valence-electron chi connectivity index (χ1n) is 3.20. The molecule has 1 aliphatic carbocycles. The SMILES string of the molecule is C1CC2CNC2C1. The van der Waals surface area contributed by atoms with Crippen molar-refractivity contribution in [3.8, 4) is 0 Å². The van der Waals surface area contributed by atoms with Crippen molar-refractivity contribution < 1.29 is 0 Å². The molecule has 0 aromatic heterocycles. The molecule has 0 radical (unpaired) electrons.